The SMILES string of the molecule is COc1ccc(N2CC(C)NC(C)C2)cc1NS(=O)(=O)c1ccc(-c2cc(C)cs2)c(C)c1. The first kappa shape index (κ1) is 23.6. The third-order valence-corrected chi connectivity index (χ3v) is 8.30. The number of hydrogen-bond donors (Lipinski definition) is 2. The van der Waals surface area contributed by atoms with Crippen LogP contribution in [0, 0.1) is 13.8 Å². The second-order valence-electron chi connectivity index (χ2n) is 8.83. The highest BCUT2D eigenvalue weighted by Gasteiger charge is 2.23. The van der Waals surface area contributed by atoms with E-state index in [0.717, 1.165) is 34.8 Å². The molecule has 1 fully saturated rings. The zero-order valence-electron chi connectivity index (χ0n) is 19.7. The smallest absolute Gasteiger partial charge is 0.262 e. The lowest BCUT2D eigenvalue weighted by atomic mass is 10.1. The Hall–Kier alpha value is -2.55. The molecule has 33 heavy (non-hydrogen) atoms. The Bertz CT molecular complexity index is 1240. The Morgan fingerprint density at radius 1 is 1.06 bits per heavy atom. The standard InChI is InChI=1S/C25H31N3O3S2/c1-16-10-25(32-15-16)22-8-7-21(11-17(22)2)33(29,30)27-23-12-20(6-9-24(23)31-5)28-13-18(3)26-19(4)14-28/h6-12,15,18-19,26-27H,13-14H2,1-5H3. The summed E-state index contributed by atoms with van der Waals surface area (Å²) in [5.41, 5.74) is 4.57. The molecule has 1 aliphatic rings. The fourth-order valence-corrected chi connectivity index (χ4v) is 6.50. The normalized spacial score (nSPS) is 18.9. The predicted octanol–water partition coefficient (Wildman–Crippen LogP) is 5.03. The van der Waals surface area contributed by atoms with Gasteiger partial charge in [0.05, 0.1) is 17.7 Å². The van der Waals surface area contributed by atoms with Crippen LogP contribution in [-0.2, 0) is 10.0 Å². The van der Waals surface area contributed by atoms with E-state index in [1.54, 1.807) is 30.6 Å². The highest BCUT2D eigenvalue weighted by molar-refractivity contribution is 7.92. The third-order valence-electron chi connectivity index (χ3n) is 5.85. The fourth-order valence-electron chi connectivity index (χ4n) is 4.37. The van der Waals surface area contributed by atoms with Crippen molar-refractivity contribution in [2.45, 2.75) is 44.7 Å². The van der Waals surface area contributed by atoms with Crippen molar-refractivity contribution in [2.75, 3.05) is 29.8 Å². The highest BCUT2D eigenvalue weighted by atomic mass is 32.2. The Labute approximate surface area is 200 Å². The quantitative estimate of drug-likeness (QED) is 0.513. The average Bonchev–Trinajstić information content (AvgIpc) is 3.18. The van der Waals surface area contributed by atoms with Gasteiger partial charge in [0.15, 0.2) is 0 Å². The first-order valence-corrected chi connectivity index (χ1v) is 13.4. The van der Waals surface area contributed by atoms with Crippen LogP contribution in [0.15, 0.2) is 52.7 Å². The van der Waals surface area contributed by atoms with E-state index in [2.05, 4.69) is 47.2 Å². The molecule has 176 valence electrons. The van der Waals surface area contributed by atoms with E-state index in [1.807, 2.05) is 31.2 Å². The molecule has 1 aromatic heterocycles. The van der Waals surface area contributed by atoms with Gasteiger partial charge in [-0.05, 0) is 86.2 Å². The number of nitrogens with zero attached hydrogens (tertiary/aromatic N) is 1. The number of benzene rings is 2. The average molecular weight is 486 g/mol. The van der Waals surface area contributed by atoms with Crippen molar-refractivity contribution in [2.24, 2.45) is 0 Å². The third kappa shape index (κ3) is 5.18. The highest BCUT2D eigenvalue weighted by Crippen LogP contribution is 2.34. The molecule has 0 spiro atoms. The van der Waals surface area contributed by atoms with Crippen LogP contribution >= 0.6 is 11.3 Å². The maximum absolute atomic E-state index is 13.3. The van der Waals surface area contributed by atoms with Crippen LogP contribution in [0.3, 0.4) is 0 Å². The molecule has 3 aromatic rings. The van der Waals surface area contributed by atoms with Crippen LogP contribution in [0.5, 0.6) is 5.75 Å². The summed E-state index contributed by atoms with van der Waals surface area (Å²) in [4.78, 5) is 3.63. The van der Waals surface area contributed by atoms with Crippen molar-refractivity contribution >= 4 is 32.7 Å². The van der Waals surface area contributed by atoms with Crippen molar-refractivity contribution < 1.29 is 13.2 Å². The molecule has 1 aliphatic heterocycles. The largest absolute Gasteiger partial charge is 0.495 e. The van der Waals surface area contributed by atoms with Crippen LogP contribution in [0.25, 0.3) is 10.4 Å². The van der Waals surface area contributed by atoms with Crippen LogP contribution in [0.4, 0.5) is 11.4 Å². The molecular formula is C25H31N3O3S2. The molecule has 2 aromatic carbocycles. The van der Waals surface area contributed by atoms with Crippen molar-refractivity contribution in [1.29, 1.82) is 0 Å². The van der Waals surface area contributed by atoms with E-state index in [1.165, 1.54) is 5.56 Å². The van der Waals surface area contributed by atoms with Crippen LogP contribution in [-0.4, -0.2) is 40.7 Å². The van der Waals surface area contributed by atoms with E-state index >= 15 is 0 Å². The lowest BCUT2D eigenvalue weighted by Crippen LogP contribution is -2.54. The summed E-state index contributed by atoms with van der Waals surface area (Å²) >= 11 is 1.66. The van der Waals surface area contributed by atoms with Gasteiger partial charge in [-0.2, -0.15) is 0 Å². The second kappa shape index (κ2) is 9.37. The number of rotatable bonds is 6. The van der Waals surface area contributed by atoms with E-state index in [-0.39, 0.29) is 4.90 Å². The fraction of sp³-hybridized carbons (Fsp3) is 0.360. The Balaban J connectivity index is 1.63. The lowest BCUT2D eigenvalue weighted by Gasteiger charge is -2.38. The second-order valence-corrected chi connectivity index (χ2v) is 11.4. The number of ether oxygens (including phenoxy) is 1. The molecule has 0 aliphatic carbocycles. The number of sulfonamides is 1. The first-order chi connectivity index (χ1) is 15.7. The number of piperazine rings is 1. The van der Waals surface area contributed by atoms with Crippen molar-refractivity contribution in [3.05, 3.63) is 59.0 Å². The molecule has 6 nitrogen and oxygen atoms in total. The number of anilines is 2. The van der Waals surface area contributed by atoms with E-state index in [0.29, 0.717) is 23.5 Å². The van der Waals surface area contributed by atoms with Crippen molar-refractivity contribution in [3.63, 3.8) is 0 Å². The zero-order chi connectivity index (χ0) is 23.8. The summed E-state index contributed by atoms with van der Waals surface area (Å²) in [7, 11) is -2.24. The maximum atomic E-state index is 13.3. The number of aryl methyl sites for hydroxylation is 2. The van der Waals surface area contributed by atoms with Gasteiger partial charge in [0, 0.05) is 35.7 Å². The Morgan fingerprint density at radius 2 is 1.79 bits per heavy atom. The summed E-state index contributed by atoms with van der Waals surface area (Å²) < 4.78 is 34.8. The minimum absolute atomic E-state index is 0.230. The summed E-state index contributed by atoms with van der Waals surface area (Å²) in [5.74, 6) is 0.487. The van der Waals surface area contributed by atoms with Gasteiger partial charge in [0.2, 0.25) is 0 Å². The summed E-state index contributed by atoms with van der Waals surface area (Å²) in [6.07, 6.45) is 0. The van der Waals surface area contributed by atoms with Gasteiger partial charge in [-0.25, -0.2) is 8.42 Å². The zero-order valence-corrected chi connectivity index (χ0v) is 21.3. The van der Waals surface area contributed by atoms with Crippen molar-refractivity contribution in [1.82, 2.24) is 5.32 Å². The van der Waals surface area contributed by atoms with Gasteiger partial charge in [0.25, 0.3) is 10.0 Å². The van der Waals surface area contributed by atoms with Crippen LogP contribution in [0.2, 0.25) is 0 Å². The van der Waals surface area contributed by atoms with Gasteiger partial charge in [-0.15, -0.1) is 11.3 Å². The monoisotopic (exact) mass is 485 g/mol. The van der Waals surface area contributed by atoms with Gasteiger partial charge in [-0.3, -0.25) is 4.72 Å². The van der Waals surface area contributed by atoms with E-state index in [4.69, 9.17) is 4.74 Å². The molecule has 1 saturated heterocycles. The molecule has 2 atom stereocenters. The summed E-state index contributed by atoms with van der Waals surface area (Å²) in [6.45, 7) is 10.0. The number of hydrogen-bond acceptors (Lipinski definition) is 6. The summed E-state index contributed by atoms with van der Waals surface area (Å²) in [5, 5.41) is 5.62. The number of nitrogens with one attached hydrogen (secondary N) is 2. The predicted molar refractivity (Wildman–Crippen MR) is 137 cm³/mol. The molecule has 4 rings (SSSR count). The molecular weight excluding hydrogens is 454 g/mol. The van der Waals surface area contributed by atoms with Crippen LogP contribution < -0.4 is 19.7 Å². The molecule has 0 amide bonds. The first-order valence-electron chi connectivity index (χ1n) is 11.0. The molecule has 2 N–H and O–H groups in total. The molecule has 2 heterocycles. The maximum Gasteiger partial charge on any atom is 0.262 e. The molecule has 2 unspecified atom stereocenters. The lowest BCUT2D eigenvalue weighted by molar-refractivity contribution is 0.406. The molecule has 8 heteroatoms. The van der Waals surface area contributed by atoms with Crippen LogP contribution in [0.1, 0.15) is 25.0 Å². The number of methoxy groups -OCH3 is 1. The molecule has 0 radical (unpaired) electrons. The minimum atomic E-state index is -3.79. The Morgan fingerprint density at radius 3 is 2.39 bits per heavy atom. The van der Waals surface area contributed by atoms with Gasteiger partial charge in [-0.1, -0.05) is 6.07 Å². The Kier molecular flexibility index (Phi) is 6.70. The topological polar surface area (TPSA) is 70.7 Å². The van der Waals surface area contributed by atoms with Crippen molar-refractivity contribution in [3.8, 4) is 16.2 Å². The minimum Gasteiger partial charge on any atom is -0.495 e. The van der Waals surface area contributed by atoms with Gasteiger partial charge in [0.1, 0.15) is 5.75 Å². The summed E-state index contributed by atoms with van der Waals surface area (Å²) in [6, 6.07) is 13.7. The molecule has 0 bridgehead atoms. The number of thiophene rings is 1. The van der Waals surface area contributed by atoms with E-state index in [9.17, 15) is 8.42 Å². The van der Waals surface area contributed by atoms with E-state index < -0.39 is 10.0 Å². The van der Waals surface area contributed by atoms with Gasteiger partial charge >= 0.3 is 0 Å². The molecule has 0 saturated carbocycles. The van der Waals surface area contributed by atoms with Gasteiger partial charge < -0.3 is 15.0 Å².